The van der Waals surface area contributed by atoms with E-state index < -0.39 is 0 Å². The molecule has 1 heterocycles. The van der Waals surface area contributed by atoms with Crippen molar-refractivity contribution in [2.75, 3.05) is 6.54 Å². The summed E-state index contributed by atoms with van der Waals surface area (Å²) in [6.07, 6.45) is 6.08. The molecule has 0 bridgehead atoms. The highest BCUT2D eigenvalue weighted by atomic mass is 127. The molecule has 0 atom stereocenters. The minimum absolute atomic E-state index is 1.06. The van der Waals surface area contributed by atoms with Crippen LogP contribution < -0.4 is 3.53 Å². The molecule has 0 spiro atoms. The van der Waals surface area contributed by atoms with Crippen molar-refractivity contribution in [3.8, 4) is 0 Å². The zero-order valence-electron chi connectivity index (χ0n) is 5.60. The third-order valence-corrected chi connectivity index (χ3v) is 1.83. The second-order valence-corrected chi connectivity index (χ2v) is 2.86. The van der Waals surface area contributed by atoms with Crippen LogP contribution >= 0.6 is 22.9 Å². The van der Waals surface area contributed by atoms with Crippen molar-refractivity contribution in [2.24, 2.45) is 0 Å². The Bertz CT molecular complexity index is 162. The van der Waals surface area contributed by atoms with Crippen LogP contribution in [-0.4, -0.2) is 16.7 Å². The van der Waals surface area contributed by atoms with Crippen LogP contribution in [0.3, 0.4) is 0 Å². The van der Waals surface area contributed by atoms with Gasteiger partial charge in [0.05, 0.1) is 6.20 Å². The van der Waals surface area contributed by atoms with E-state index in [2.05, 4.69) is 36.6 Å². The molecule has 0 fully saturated rings. The van der Waals surface area contributed by atoms with E-state index in [0.717, 1.165) is 13.0 Å². The Morgan fingerprint density at radius 1 is 1.70 bits per heavy atom. The van der Waals surface area contributed by atoms with Crippen LogP contribution in [0.4, 0.5) is 0 Å². The number of nitrogens with one attached hydrogen (secondary N) is 2. The van der Waals surface area contributed by atoms with Gasteiger partial charge in [0.1, 0.15) is 0 Å². The molecule has 0 amide bonds. The minimum atomic E-state index is 1.06. The first-order valence-corrected chi connectivity index (χ1v) is 4.32. The first-order chi connectivity index (χ1) is 4.93. The molecule has 4 heteroatoms. The van der Waals surface area contributed by atoms with E-state index in [4.69, 9.17) is 0 Å². The third kappa shape index (κ3) is 2.66. The highest BCUT2D eigenvalue weighted by Gasteiger charge is 1.91. The van der Waals surface area contributed by atoms with E-state index in [-0.39, 0.29) is 0 Å². The average Bonchev–Trinajstić information content (AvgIpc) is 2.41. The molecular weight excluding hydrogens is 241 g/mol. The Morgan fingerprint density at radius 3 is 3.20 bits per heavy atom. The van der Waals surface area contributed by atoms with Crippen LogP contribution in [0, 0.1) is 0 Å². The van der Waals surface area contributed by atoms with E-state index in [9.17, 15) is 0 Å². The number of H-pyrrole nitrogens is 1. The highest BCUT2D eigenvalue weighted by molar-refractivity contribution is 14.1. The van der Waals surface area contributed by atoms with Gasteiger partial charge in [0.25, 0.3) is 0 Å². The van der Waals surface area contributed by atoms with E-state index in [1.54, 1.807) is 0 Å². The van der Waals surface area contributed by atoms with Crippen LogP contribution in [-0.2, 0) is 6.42 Å². The number of halogens is 1. The minimum Gasteiger partial charge on any atom is -0.285 e. The smallest absolute Gasteiger partial charge is 0.0519 e. The number of hydrogen-bond donors (Lipinski definition) is 2. The Morgan fingerprint density at radius 2 is 2.60 bits per heavy atom. The van der Waals surface area contributed by atoms with Crippen LogP contribution in [0.1, 0.15) is 12.0 Å². The van der Waals surface area contributed by atoms with Gasteiger partial charge in [-0.15, -0.1) is 0 Å². The van der Waals surface area contributed by atoms with Gasteiger partial charge in [0.2, 0.25) is 0 Å². The van der Waals surface area contributed by atoms with Gasteiger partial charge in [-0.2, -0.15) is 5.10 Å². The summed E-state index contributed by atoms with van der Waals surface area (Å²) in [4.78, 5) is 0. The predicted molar refractivity (Wildman–Crippen MR) is 48.9 cm³/mol. The molecule has 2 N–H and O–H groups in total. The van der Waals surface area contributed by atoms with Crippen LogP contribution in [0.15, 0.2) is 12.4 Å². The summed E-state index contributed by atoms with van der Waals surface area (Å²) in [5, 5.41) is 6.64. The Hall–Kier alpha value is -0.100. The molecule has 3 nitrogen and oxygen atoms in total. The SMILES string of the molecule is INCCCc1cn[nH]c1. The summed E-state index contributed by atoms with van der Waals surface area (Å²) >= 11 is 2.16. The Kier molecular flexibility index (Phi) is 3.74. The third-order valence-electron chi connectivity index (χ3n) is 1.29. The predicted octanol–water partition coefficient (Wildman–Crippen LogP) is 1.28. The van der Waals surface area contributed by atoms with Crippen molar-refractivity contribution >= 4 is 22.9 Å². The molecule has 1 aromatic heterocycles. The maximum Gasteiger partial charge on any atom is 0.0519 e. The molecule has 0 aliphatic heterocycles. The summed E-state index contributed by atoms with van der Waals surface area (Å²) in [7, 11) is 0. The van der Waals surface area contributed by atoms with Crippen molar-refractivity contribution in [3.05, 3.63) is 18.0 Å². The van der Waals surface area contributed by atoms with Crippen LogP contribution in [0.25, 0.3) is 0 Å². The van der Waals surface area contributed by atoms with Gasteiger partial charge in [-0.3, -0.25) is 8.63 Å². The van der Waals surface area contributed by atoms with Gasteiger partial charge in [-0.25, -0.2) is 0 Å². The molecule has 0 saturated carbocycles. The summed E-state index contributed by atoms with van der Waals surface area (Å²) in [6, 6.07) is 0. The molecule has 0 radical (unpaired) electrons. The van der Waals surface area contributed by atoms with Gasteiger partial charge in [-0.05, 0) is 18.4 Å². The van der Waals surface area contributed by atoms with E-state index in [0.29, 0.717) is 0 Å². The Balaban J connectivity index is 2.15. The normalized spacial score (nSPS) is 10.1. The zero-order chi connectivity index (χ0) is 7.23. The lowest BCUT2D eigenvalue weighted by atomic mass is 10.2. The molecule has 1 aromatic rings. The van der Waals surface area contributed by atoms with Crippen molar-refractivity contribution < 1.29 is 0 Å². The number of aromatic amines is 1. The molecule has 0 aliphatic rings. The van der Waals surface area contributed by atoms with Crippen molar-refractivity contribution in [3.63, 3.8) is 0 Å². The zero-order valence-corrected chi connectivity index (χ0v) is 7.76. The average molecular weight is 251 g/mol. The molecule has 0 aliphatic carbocycles. The molecule has 0 unspecified atom stereocenters. The van der Waals surface area contributed by atoms with Crippen molar-refractivity contribution in [1.82, 2.24) is 13.7 Å². The van der Waals surface area contributed by atoms with Gasteiger partial charge in [0, 0.05) is 35.6 Å². The fraction of sp³-hybridized carbons (Fsp3) is 0.500. The summed E-state index contributed by atoms with van der Waals surface area (Å²) < 4.78 is 3.07. The van der Waals surface area contributed by atoms with E-state index >= 15 is 0 Å². The number of rotatable bonds is 4. The lowest BCUT2D eigenvalue weighted by Gasteiger charge is -1.93. The number of nitrogens with zero attached hydrogens (tertiary/aromatic N) is 1. The maximum absolute atomic E-state index is 3.85. The van der Waals surface area contributed by atoms with Gasteiger partial charge >= 0.3 is 0 Å². The highest BCUT2D eigenvalue weighted by Crippen LogP contribution is 1.97. The number of aryl methyl sites for hydroxylation is 1. The van der Waals surface area contributed by atoms with Gasteiger partial charge in [-0.1, -0.05) is 0 Å². The van der Waals surface area contributed by atoms with Crippen molar-refractivity contribution in [2.45, 2.75) is 12.8 Å². The molecule has 56 valence electrons. The molecule has 0 saturated heterocycles. The molecular formula is C6H10IN3. The second kappa shape index (κ2) is 4.68. The lowest BCUT2D eigenvalue weighted by molar-refractivity contribution is 0.812. The Labute approximate surface area is 74.1 Å². The molecule has 10 heavy (non-hydrogen) atoms. The van der Waals surface area contributed by atoms with Crippen LogP contribution in [0.5, 0.6) is 0 Å². The van der Waals surface area contributed by atoms with Crippen molar-refractivity contribution in [1.29, 1.82) is 0 Å². The second-order valence-electron chi connectivity index (χ2n) is 2.09. The lowest BCUT2D eigenvalue weighted by Crippen LogP contribution is -2.00. The number of hydrogen-bond acceptors (Lipinski definition) is 2. The summed E-state index contributed by atoms with van der Waals surface area (Å²) in [5.74, 6) is 0. The van der Waals surface area contributed by atoms with E-state index in [1.165, 1.54) is 12.0 Å². The monoisotopic (exact) mass is 251 g/mol. The number of aromatic nitrogens is 2. The first-order valence-electron chi connectivity index (χ1n) is 3.24. The maximum atomic E-state index is 3.85. The summed E-state index contributed by atoms with van der Waals surface area (Å²) in [6.45, 7) is 1.06. The molecule has 0 aromatic carbocycles. The quantitative estimate of drug-likeness (QED) is 0.481. The fourth-order valence-corrected chi connectivity index (χ4v) is 1.16. The largest absolute Gasteiger partial charge is 0.285 e. The van der Waals surface area contributed by atoms with E-state index in [1.807, 2.05) is 12.4 Å². The molecule has 1 rings (SSSR count). The fourth-order valence-electron chi connectivity index (χ4n) is 0.774. The standard InChI is InChI=1S/C6H10IN3/c7-8-3-1-2-6-4-9-10-5-6/h4-5,8H,1-3H2,(H,9,10). The summed E-state index contributed by atoms with van der Waals surface area (Å²) in [5.41, 5.74) is 1.28. The van der Waals surface area contributed by atoms with Crippen LogP contribution in [0.2, 0.25) is 0 Å². The van der Waals surface area contributed by atoms with Gasteiger partial charge < -0.3 is 0 Å². The topological polar surface area (TPSA) is 40.7 Å². The first kappa shape index (κ1) is 8.00. The van der Waals surface area contributed by atoms with Gasteiger partial charge in [0.15, 0.2) is 0 Å².